The van der Waals surface area contributed by atoms with Crippen molar-refractivity contribution in [3.63, 3.8) is 0 Å². The first kappa shape index (κ1) is 13.4. The highest BCUT2D eigenvalue weighted by atomic mass is 16.3. The fraction of sp³-hybridized carbons (Fsp3) is 0.250. The lowest BCUT2D eigenvalue weighted by atomic mass is 9.84. The summed E-state index contributed by atoms with van der Waals surface area (Å²) in [5.74, 6) is -0.267. The van der Waals surface area contributed by atoms with E-state index in [9.17, 15) is 10.2 Å². The predicted octanol–water partition coefficient (Wildman–Crippen LogP) is 3.33. The van der Waals surface area contributed by atoms with E-state index >= 15 is 0 Å². The minimum atomic E-state index is -0.141. The van der Waals surface area contributed by atoms with E-state index in [0.717, 1.165) is 11.1 Å². The maximum atomic E-state index is 10.2. The molecule has 3 rings (SSSR count). The van der Waals surface area contributed by atoms with Crippen LogP contribution in [0.2, 0.25) is 0 Å². The third-order valence-corrected chi connectivity index (χ3v) is 3.59. The van der Waals surface area contributed by atoms with Crippen LogP contribution in [-0.2, 0) is 5.41 Å². The second-order valence-electron chi connectivity index (χ2n) is 6.14. The lowest BCUT2D eigenvalue weighted by Gasteiger charge is -2.21. The number of phenolic OH excluding ortho intramolecular Hbond substituents is 2. The van der Waals surface area contributed by atoms with E-state index in [1.54, 1.807) is 6.07 Å². The number of benzene rings is 2. The van der Waals surface area contributed by atoms with Crippen molar-refractivity contribution < 1.29 is 10.2 Å². The number of phenols is 2. The van der Waals surface area contributed by atoms with Gasteiger partial charge in [0.1, 0.15) is 11.0 Å². The first-order valence-corrected chi connectivity index (χ1v) is 6.74. The molecule has 0 unspecified atom stereocenters. The van der Waals surface area contributed by atoms with E-state index in [4.69, 9.17) is 0 Å². The maximum Gasteiger partial charge on any atom is 0.165 e. The van der Waals surface area contributed by atoms with Crippen molar-refractivity contribution >= 4 is 11.0 Å². The van der Waals surface area contributed by atoms with Crippen LogP contribution in [0.15, 0.2) is 30.3 Å². The van der Waals surface area contributed by atoms with E-state index in [1.807, 2.05) is 24.3 Å². The van der Waals surface area contributed by atoms with Crippen molar-refractivity contribution in [3.05, 3.63) is 35.9 Å². The first-order valence-electron chi connectivity index (χ1n) is 6.74. The zero-order valence-corrected chi connectivity index (χ0v) is 12.2. The minimum Gasteiger partial charge on any atom is -0.504 e. The molecule has 5 nitrogen and oxygen atoms in total. The Kier molecular flexibility index (Phi) is 2.86. The van der Waals surface area contributed by atoms with Gasteiger partial charge in [-0.05, 0) is 29.2 Å². The van der Waals surface area contributed by atoms with Crippen LogP contribution in [0.5, 0.6) is 11.5 Å². The summed E-state index contributed by atoms with van der Waals surface area (Å²) in [5, 5.41) is 31.0. The topological polar surface area (TPSA) is 82.0 Å². The van der Waals surface area contributed by atoms with Crippen LogP contribution in [-0.4, -0.2) is 25.6 Å². The number of aromatic nitrogens is 3. The molecule has 0 aliphatic rings. The molecule has 0 aliphatic carbocycles. The van der Waals surface area contributed by atoms with Gasteiger partial charge in [-0.25, -0.2) is 0 Å². The normalized spacial score (nSPS) is 12.0. The number of aromatic hydroxyl groups is 2. The van der Waals surface area contributed by atoms with Crippen molar-refractivity contribution in [1.82, 2.24) is 15.4 Å². The SMILES string of the molecule is CC(C)(C)c1cc(O)c(O)c(-c2cccc3n[nH]nc23)c1. The molecule has 108 valence electrons. The van der Waals surface area contributed by atoms with Gasteiger partial charge >= 0.3 is 0 Å². The van der Waals surface area contributed by atoms with E-state index in [1.165, 1.54) is 0 Å². The number of nitrogens with zero attached hydrogens (tertiary/aromatic N) is 2. The number of rotatable bonds is 1. The number of hydrogen-bond acceptors (Lipinski definition) is 4. The number of nitrogens with one attached hydrogen (secondary N) is 1. The zero-order chi connectivity index (χ0) is 15.2. The molecule has 0 amide bonds. The van der Waals surface area contributed by atoms with Crippen LogP contribution in [0, 0.1) is 0 Å². The summed E-state index contributed by atoms with van der Waals surface area (Å²) in [7, 11) is 0. The van der Waals surface area contributed by atoms with Crippen molar-refractivity contribution in [2.45, 2.75) is 26.2 Å². The molecular weight excluding hydrogens is 266 g/mol. The lowest BCUT2D eigenvalue weighted by molar-refractivity contribution is 0.403. The van der Waals surface area contributed by atoms with Gasteiger partial charge in [0.25, 0.3) is 0 Å². The van der Waals surface area contributed by atoms with Crippen LogP contribution < -0.4 is 0 Å². The Morgan fingerprint density at radius 1 is 1.00 bits per heavy atom. The maximum absolute atomic E-state index is 10.2. The molecule has 21 heavy (non-hydrogen) atoms. The molecule has 0 atom stereocenters. The summed E-state index contributed by atoms with van der Waals surface area (Å²) in [6, 6.07) is 9.03. The molecule has 1 heterocycles. The van der Waals surface area contributed by atoms with Crippen LogP contribution in [0.25, 0.3) is 22.2 Å². The van der Waals surface area contributed by atoms with Crippen LogP contribution in [0.1, 0.15) is 26.3 Å². The highest BCUT2D eigenvalue weighted by Gasteiger charge is 2.20. The monoisotopic (exact) mass is 283 g/mol. The third kappa shape index (κ3) is 2.20. The van der Waals surface area contributed by atoms with Gasteiger partial charge in [-0.1, -0.05) is 32.9 Å². The Labute approximate surface area is 122 Å². The number of para-hydroxylation sites is 1. The second-order valence-corrected chi connectivity index (χ2v) is 6.14. The Balaban J connectivity index is 2.32. The Hall–Kier alpha value is -2.56. The van der Waals surface area contributed by atoms with Gasteiger partial charge in [-0.15, -0.1) is 0 Å². The number of hydrogen-bond donors (Lipinski definition) is 3. The summed E-state index contributed by atoms with van der Waals surface area (Å²) >= 11 is 0. The van der Waals surface area contributed by atoms with Crippen molar-refractivity contribution in [2.75, 3.05) is 0 Å². The highest BCUT2D eigenvalue weighted by molar-refractivity contribution is 5.93. The number of H-pyrrole nitrogens is 1. The standard InChI is InChI=1S/C16H17N3O2/c1-16(2,3)9-7-11(15(21)13(20)8-9)10-5-4-6-12-14(10)18-19-17-12/h4-8,20-21H,1-3H3,(H,17,18,19). The molecular formula is C16H17N3O2. The molecule has 5 heteroatoms. The Morgan fingerprint density at radius 3 is 2.48 bits per heavy atom. The fourth-order valence-corrected chi connectivity index (χ4v) is 2.34. The van der Waals surface area contributed by atoms with Crippen molar-refractivity contribution in [3.8, 4) is 22.6 Å². The van der Waals surface area contributed by atoms with E-state index < -0.39 is 0 Å². The highest BCUT2D eigenvalue weighted by Crippen LogP contribution is 2.42. The summed E-state index contributed by atoms with van der Waals surface area (Å²) in [6.07, 6.45) is 0. The average Bonchev–Trinajstić information content (AvgIpc) is 2.88. The summed E-state index contributed by atoms with van der Waals surface area (Å²) < 4.78 is 0. The lowest BCUT2D eigenvalue weighted by Crippen LogP contribution is -2.11. The molecule has 1 aromatic heterocycles. The van der Waals surface area contributed by atoms with E-state index in [2.05, 4.69) is 36.2 Å². The van der Waals surface area contributed by atoms with Crippen LogP contribution in [0.4, 0.5) is 0 Å². The number of fused-ring (bicyclic) bond motifs is 1. The van der Waals surface area contributed by atoms with Gasteiger partial charge in [0, 0.05) is 11.1 Å². The van der Waals surface area contributed by atoms with Gasteiger partial charge in [-0.3, -0.25) is 0 Å². The largest absolute Gasteiger partial charge is 0.504 e. The molecule has 0 radical (unpaired) electrons. The third-order valence-electron chi connectivity index (χ3n) is 3.59. The van der Waals surface area contributed by atoms with Gasteiger partial charge in [-0.2, -0.15) is 15.4 Å². The van der Waals surface area contributed by atoms with Crippen molar-refractivity contribution in [2.24, 2.45) is 0 Å². The molecule has 3 N–H and O–H groups in total. The van der Waals surface area contributed by atoms with E-state index in [-0.39, 0.29) is 16.9 Å². The molecule has 0 saturated heterocycles. The Morgan fingerprint density at radius 2 is 1.76 bits per heavy atom. The molecule has 0 fully saturated rings. The smallest absolute Gasteiger partial charge is 0.165 e. The molecule has 0 saturated carbocycles. The summed E-state index contributed by atoms with van der Waals surface area (Å²) in [6.45, 7) is 6.16. The van der Waals surface area contributed by atoms with E-state index in [0.29, 0.717) is 16.6 Å². The minimum absolute atomic E-state index is 0.127. The second kappa shape index (κ2) is 4.48. The predicted molar refractivity (Wildman–Crippen MR) is 81.4 cm³/mol. The molecule has 2 aromatic carbocycles. The fourth-order valence-electron chi connectivity index (χ4n) is 2.34. The molecule has 3 aromatic rings. The van der Waals surface area contributed by atoms with Crippen LogP contribution >= 0.6 is 0 Å². The molecule has 0 aliphatic heterocycles. The molecule has 0 spiro atoms. The van der Waals surface area contributed by atoms with Crippen molar-refractivity contribution in [1.29, 1.82) is 0 Å². The van der Waals surface area contributed by atoms with Gasteiger partial charge in [0.15, 0.2) is 11.5 Å². The Bertz CT molecular complexity index is 816. The van der Waals surface area contributed by atoms with Gasteiger partial charge in [0.2, 0.25) is 0 Å². The molecule has 0 bridgehead atoms. The summed E-state index contributed by atoms with van der Waals surface area (Å²) in [5.41, 5.74) is 3.47. The average molecular weight is 283 g/mol. The number of aromatic amines is 1. The van der Waals surface area contributed by atoms with Gasteiger partial charge < -0.3 is 10.2 Å². The zero-order valence-electron chi connectivity index (χ0n) is 12.2. The quantitative estimate of drug-likeness (QED) is 0.598. The first-order chi connectivity index (χ1) is 9.88. The van der Waals surface area contributed by atoms with Gasteiger partial charge in [0.05, 0.1) is 0 Å². The van der Waals surface area contributed by atoms with Crippen LogP contribution in [0.3, 0.4) is 0 Å². The summed E-state index contributed by atoms with van der Waals surface area (Å²) in [4.78, 5) is 0.